The quantitative estimate of drug-likeness (QED) is 0.824. The van der Waals surface area contributed by atoms with Crippen LogP contribution in [0.5, 0.6) is 0 Å². The van der Waals surface area contributed by atoms with E-state index in [-0.39, 0.29) is 23.9 Å². The Balaban J connectivity index is 1.74. The Hall–Kier alpha value is -2.48. The average molecular weight is 373 g/mol. The van der Waals surface area contributed by atoms with Gasteiger partial charge in [0.1, 0.15) is 11.5 Å². The molecule has 0 unspecified atom stereocenters. The molecule has 0 aliphatic carbocycles. The predicted molar refractivity (Wildman–Crippen MR) is 100 cm³/mol. The highest BCUT2D eigenvalue weighted by Gasteiger charge is 2.37. The van der Waals surface area contributed by atoms with Gasteiger partial charge in [0.2, 0.25) is 5.95 Å². The Bertz CT molecular complexity index is 804. The number of hydrogen-bond donors (Lipinski definition) is 1. The first-order valence-electron chi connectivity index (χ1n) is 9.23. The van der Waals surface area contributed by atoms with E-state index in [0.717, 1.165) is 23.6 Å². The van der Waals surface area contributed by atoms with Gasteiger partial charge in [-0.25, -0.2) is 9.97 Å². The molecular weight excluding hydrogens is 346 g/mol. The van der Waals surface area contributed by atoms with Crippen LogP contribution in [0.1, 0.15) is 41.5 Å². The minimum Gasteiger partial charge on any atom is -0.379 e. The summed E-state index contributed by atoms with van der Waals surface area (Å²) in [6, 6.07) is 3.66. The van der Waals surface area contributed by atoms with Gasteiger partial charge in [-0.15, -0.1) is 0 Å². The molecule has 0 spiro atoms. The fraction of sp³-hybridized carbons (Fsp3) is 0.579. The van der Waals surface area contributed by atoms with E-state index in [4.69, 9.17) is 15.0 Å². The monoisotopic (exact) mass is 373 g/mol. The molecule has 1 amide bonds. The second kappa shape index (κ2) is 8.04. The summed E-state index contributed by atoms with van der Waals surface area (Å²) in [4.78, 5) is 23.2. The summed E-state index contributed by atoms with van der Waals surface area (Å²) in [6.45, 7) is 7.16. The summed E-state index contributed by atoms with van der Waals surface area (Å²) in [5, 5.41) is 3.93. The molecule has 2 aromatic heterocycles. The summed E-state index contributed by atoms with van der Waals surface area (Å²) >= 11 is 0. The summed E-state index contributed by atoms with van der Waals surface area (Å²) < 4.78 is 10.9. The van der Waals surface area contributed by atoms with Crippen LogP contribution in [0.2, 0.25) is 0 Å². The summed E-state index contributed by atoms with van der Waals surface area (Å²) in [5.41, 5.74) is 7.79. The van der Waals surface area contributed by atoms with E-state index in [9.17, 15) is 4.79 Å². The largest absolute Gasteiger partial charge is 0.379 e. The smallest absolute Gasteiger partial charge is 0.272 e. The number of aromatic nitrogens is 3. The Kier molecular flexibility index (Phi) is 5.74. The SMILES string of the molecule is CO[C@H]1CN(C(=O)c2cc(CC(C)C)nc(N)n2)C[C@H]1Cc1cc(C)no1. The molecule has 0 saturated carbocycles. The lowest BCUT2D eigenvalue weighted by Crippen LogP contribution is -2.31. The van der Waals surface area contributed by atoms with Gasteiger partial charge < -0.3 is 19.9 Å². The lowest BCUT2D eigenvalue weighted by molar-refractivity contribution is 0.0669. The van der Waals surface area contributed by atoms with Crippen LogP contribution < -0.4 is 5.73 Å². The van der Waals surface area contributed by atoms with Gasteiger partial charge in [-0.05, 0) is 25.3 Å². The van der Waals surface area contributed by atoms with Gasteiger partial charge in [-0.3, -0.25) is 4.79 Å². The molecule has 27 heavy (non-hydrogen) atoms. The van der Waals surface area contributed by atoms with Crippen molar-refractivity contribution >= 4 is 11.9 Å². The number of carbonyl (C=O) groups is 1. The van der Waals surface area contributed by atoms with E-state index in [0.29, 0.717) is 31.1 Å². The molecule has 3 rings (SSSR count). The van der Waals surface area contributed by atoms with Crippen molar-refractivity contribution in [2.75, 3.05) is 25.9 Å². The number of carbonyl (C=O) groups excluding carboxylic acids is 1. The van der Waals surface area contributed by atoms with Crippen LogP contribution in [0.3, 0.4) is 0 Å². The van der Waals surface area contributed by atoms with Crippen molar-refractivity contribution in [1.82, 2.24) is 20.0 Å². The van der Waals surface area contributed by atoms with Gasteiger partial charge >= 0.3 is 0 Å². The van der Waals surface area contributed by atoms with Crippen LogP contribution >= 0.6 is 0 Å². The molecule has 1 saturated heterocycles. The minimum atomic E-state index is -0.146. The maximum atomic E-state index is 13.0. The highest BCUT2D eigenvalue weighted by molar-refractivity contribution is 5.93. The first kappa shape index (κ1) is 19.3. The molecule has 146 valence electrons. The lowest BCUT2D eigenvalue weighted by atomic mass is 10.0. The number of amides is 1. The molecule has 8 nitrogen and oxygen atoms in total. The highest BCUT2D eigenvalue weighted by atomic mass is 16.5. The van der Waals surface area contributed by atoms with Gasteiger partial charge in [0.05, 0.1) is 11.8 Å². The third-order valence-electron chi connectivity index (χ3n) is 4.74. The van der Waals surface area contributed by atoms with E-state index in [1.165, 1.54) is 0 Å². The maximum Gasteiger partial charge on any atom is 0.272 e. The van der Waals surface area contributed by atoms with Gasteiger partial charge in [-0.1, -0.05) is 19.0 Å². The van der Waals surface area contributed by atoms with E-state index in [2.05, 4.69) is 29.0 Å². The van der Waals surface area contributed by atoms with Crippen LogP contribution in [0.25, 0.3) is 0 Å². The van der Waals surface area contributed by atoms with Crippen LogP contribution in [0, 0.1) is 18.8 Å². The van der Waals surface area contributed by atoms with Gasteiger partial charge in [0.25, 0.3) is 5.91 Å². The molecule has 2 aromatic rings. The molecular formula is C19H27N5O3. The van der Waals surface area contributed by atoms with E-state index < -0.39 is 0 Å². The number of aryl methyl sites for hydroxylation is 1. The second-order valence-electron chi connectivity index (χ2n) is 7.58. The summed E-state index contributed by atoms with van der Waals surface area (Å²) in [7, 11) is 1.67. The Labute approximate surface area is 159 Å². The van der Waals surface area contributed by atoms with E-state index in [1.54, 1.807) is 18.1 Å². The standard InChI is InChI=1S/C19H27N5O3/c1-11(2)5-14-8-16(22-19(20)21-14)18(25)24-9-13(17(10-24)26-4)7-15-6-12(3)23-27-15/h6,8,11,13,17H,5,7,9-10H2,1-4H3,(H2,20,21,22)/t13-,17+/m1/s1. The Morgan fingerprint density at radius 1 is 1.37 bits per heavy atom. The van der Waals surface area contributed by atoms with E-state index >= 15 is 0 Å². The Morgan fingerprint density at radius 2 is 2.15 bits per heavy atom. The number of methoxy groups -OCH3 is 1. The van der Waals surface area contributed by atoms with Crippen molar-refractivity contribution in [3.8, 4) is 0 Å². The fourth-order valence-electron chi connectivity index (χ4n) is 3.55. The number of nitrogens with zero attached hydrogens (tertiary/aromatic N) is 4. The number of ether oxygens (including phenoxy) is 1. The second-order valence-corrected chi connectivity index (χ2v) is 7.58. The van der Waals surface area contributed by atoms with Crippen LogP contribution in [0.15, 0.2) is 16.7 Å². The molecule has 0 radical (unpaired) electrons. The number of rotatable bonds is 6. The zero-order valence-electron chi connectivity index (χ0n) is 16.3. The number of hydrogen-bond acceptors (Lipinski definition) is 7. The number of anilines is 1. The van der Waals surface area contributed by atoms with Crippen LogP contribution in [0.4, 0.5) is 5.95 Å². The minimum absolute atomic E-state index is 0.0614. The molecule has 1 aliphatic heterocycles. The number of nitrogen functional groups attached to an aromatic ring is 1. The zero-order valence-corrected chi connectivity index (χ0v) is 16.3. The molecule has 2 N–H and O–H groups in total. The number of likely N-dealkylation sites (tertiary alicyclic amines) is 1. The van der Waals surface area contributed by atoms with Crippen molar-refractivity contribution in [2.24, 2.45) is 11.8 Å². The normalized spacial score (nSPS) is 19.8. The first-order chi connectivity index (χ1) is 12.9. The third-order valence-corrected chi connectivity index (χ3v) is 4.74. The Morgan fingerprint density at radius 3 is 2.78 bits per heavy atom. The van der Waals surface area contributed by atoms with Crippen molar-refractivity contribution in [2.45, 2.75) is 39.7 Å². The van der Waals surface area contributed by atoms with E-state index in [1.807, 2.05) is 13.0 Å². The zero-order chi connectivity index (χ0) is 19.6. The van der Waals surface area contributed by atoms with Crippen molar-refractivity contribution in [3.05, 3.63) is 35.0 Å². The van der Waals surface area contributed by atoms with Gasteiger partial charge in [0, 0.05) is 44.3 Å². The molecule has 2 atom stereocenters. The van der Waals surface area contributed by atoms with Crippen LogP contribution in [-0.2, 0) is 17.6 Å². The van der Waals surface area contributed by atoms with Gasteiger partial charge in [-0.2, -0.15) is 0 Å². The molecule has 1 fully saturated rings. The molecule has 3 heterocycles. The van der Waals surface area contributed by atoms with Crippen molar-refractivity contribution < 1.29 is 14.1 Å². The number of nitrogens with two attached hydrogens (primary N) is 1. The highest BCUT2D eigenvalue weighted by Crippen LogP contribution is 2.25. The topological polar surface area (TPSA) is 107 Å². The summed E-state index contributed by atoms with van der Waals surface area (Å²) in [5.74, 6) is 1.35. The first-order valence-corrected chi connectivity index (χ1v) is 9.23. The summed E-state index contributed by atoms with van der Waals surface area (Å²) in [6.07, 6.45) is 1.36. The average Bonchev–Trinajstić information content (AvgIpc) is 3.19. The maximum absolute atomic E-state index is 13.0. The van der Waals surface area contributed by atoms with Crippen molar-refractivity contribution in [3.63, 3.8) is 0 Å². The molecule has 1 aliphatic rings. The molecule has 8 heteroatoms. The third kappa shape index (κ3) is 4.63. The fourth-order valence-corrected chi connectivity index (χ4v) is 3.55. The van der Waals surface area contributed by atoms with Gasteiger partial charge in [0.15, 0.2) is 0 Å². The van der Waals surface area contributed by atoms with Crippen molar-refractivity contribution in [1.29, 1.82) is 0 Å². The predicted octanol–water partition coefficient (Wildman–Crippen LogP) is 1.88. The van der Waals surface area contributed by atoms with Crippen LogP contribution in [-0.4, -0.2) is 52.2 Å². The lowest BCUT2D eigenvalue weighted by Gasteiger charge is -2.16. The molecule has 0 bridgehead atoms. The molecule has 0 aromatic carbocycles.